The first-order valence-corrected chi connectivity index (χ1v) is 16.3. The molecule has 0 spiro atoms. The number of carbonyl (C=O) groups is 1. The first kappa shape index (κ1) is 28.9. The number of morpholine rings is 1. The Labute approximate surface area is 248 Å². The lowest BCUT2D eigenvalue weighted by molar-refractivity contribution is -0.0483. The Kier molecular flexibility index (Phi) is 8.40. The molecular formula is C27H33N7O6S2. The summed E-state index contributed by atoms with van der Waals surface area (Å²) in [6.07, 6.45) is 1.75. The fourth-order valence-electron chi connectivity index (χ4n) is 5.35. The molecule has 0 saturated carbocycles. The summed E-state index contributed by atoms with van der Waals surface area (Å²) in [5.41, 5.74) is 6.01. The number of nitrogens with one attached hydrogen (secondary N) is 3. The first-order chi connectivity index (χ1) is 20.2. The van der Waals surface area contributed by atoms with Gasteiger partial charge in [0.25, 0.3) is 10.1 Å². The number of rotatable bonds is 9. The number of fused-ring (bicyclic) bond motifs is 1. The lowest BCUT2D eigenvalue weighted by Gasteiger charge is -2.36. The van der Waals surface area contributed by atoms with E-state index in [0.717, 1.165) is 29.9 Å². The minimum Gasteiger partial charge on any atom is -0.472 e. The number of ether oxygens (including phenoxy) is 2. The predicted molar refractivity (Wildman–Crippen MR) is 159 cm³/mol. The third-order valence-corrected chi connectivity index (χ3v) is 9.18. The molecular weight excluding hydrogens is 582 g/mol. The second-order valence-corrected chi connectivity index (χ2v) is 12.9. The zero-order valence-corrected chi connectivity index (χ0v) is 24.7. The Bertz CT molecular complexity index is 1530. The largest absolute Gasteiger partial charge is 0.472 e. The van der Waals surface area contributed by atoms with Crippen molar-refractivity contribution in [1.29, 1.82) is 0 Å². The van der Waals surface area contributed by atoms with Crippen LogP contribution in [0, 0.1) is 5.92 Å². The monoisotopic (exact) mass is 615 g/mol. The maximum Gasteiger partial charge on any atom is 0.278 e. The highest BCUT2D eigenvalue weighted by Gasteiger charge is 2.35. The second-order valence-electron chi connectivity index (χ2n) is 10.6. The van der Waals surface area contributed by atoms with Crippen molar-refractivity contribution < 1.29 is 27.2 Å². The van der Waals surface area contributed by atoms with Crippen LogP contribution in [0.3, 0.4) is 0 Å². The van der Waals surface area contributed by atoms with E-state index in [-0.39, 0.29) is 24.0 Å². The molecule has 3 unspecified atom stereocenters. The zero-order chi connectivity index (χ0) is 29.3. The number of nitrogens with zero attached hydrogens (tertiary/aromatic N) is 4. The van der Waals surface area contributed by atoms with E-state index in [9.17, 15) is 13.2 Å². The van der Waals surface area contributed by atoms with Gasteiger partial charge in [-0.25, -0.2) is 10.4 Å². The Morgan fingerprint density at radius 3 is 2.74 bits per heavy atom. The molecule has 3 aliphatic rings. The smallest absolute Gasteiger partial charge is 0.278 e. The van der Waals surface area contributed by atoms with Crippen molar-refractivity contribution in [2.75, 3.05) is 55.6 Å². The van der Waals surface area contributed by atoms with Crippen LogP contribution in [0.25, 0.3) is 11.1 Å². The maximum atomic E-state index is 12.9. The lowest BCUT2D eigenvalue weighted by atomic mass is 10.0. The van der Waals surface area contributed by atoms with Gasteiger partial charge >= 0.3 is 0 Å². The molecule has 0 bridgehead atoms. The number of ketones is 1. The average molecular weight is 616 g/mol. The molecule has 2 saturated heterocycles. The van der Waals surface area contributed by atoms with E-state index in [1.54, 1.807) is 12.3 Å². The Balaban J connectivity index is 1.10. The van der Waals surface area contributed by atoms with E-state index in [1.807, 2.05) is 41.6 Å². The highest BCUT2D eigenvalue weighted by Crippen LogP contribution is 2.43. The molecule has 224 valence electrons. The van der Waals surface area contributed by atoms with Crippen molar-refractivity contribution in [2.24, 2.45) is 5.92 Å². The molecule has 1 aromatic carbocycles. The van der Waals surface area contributed by atoms with Crippen LogP contribution in [0.5, 0.6) is 5.75 Å². The summed E-state index contributed by atoms with van der Waals surface area (Å²) in [6, 6.07) is 9.71. The van der Waals surface area contributed by atoms with Crippen LogP contribution < -0.4 is 25.8 Å². The highest BCUT2D eigenvalue weighted by molar-refractivity contribution is 7.85. The van der Waals surface area contributed by atoms with Crippen LogP contribution in [0.4, 0.5) is 17.5 Å². The van der Waals surface area contributed by atoms with Crippen molar-refractivity contribution in [3.63, 3.8) is 0 Å². The molecule has 42 heavy (non-hydrogen) atoms. The van der Waals surface area contributed by atoms with E-state index in [1.165, 1.54) is 11.3 Å². The number of hydrogen-bond donors (Lipinski definition) is 4. The normalized spacial score (nSPS) is 23.0. The van der Waals surface area contributed by atoms with Gasteiger partial charge < -0.3 is 20.1 Å². The van der Waals surface area contributed by atoms with Crippen LogP contribution in [-0.4, -0.2) is 91.2 Å². The predicted octanol–water partition coefficient (Wildman–Crippen LogP) is 2.34. The van der Waals surface area contributed by atoms with Crippen molar-refractivity contribution in [3.8, 4) is 16.9 Å². The molecule has 2 fully saturated rings. The van der Waals surface area contributed by atoms with Gasteiger partial charge in [0.05, 0.1) is 19.6 Å². The number of aromatic nitrogens is 2. The number of hydrazine groups is 1. The van der Waals surface area contributed by atoms with Crippen LogP contribution in [0.1, 0.15) is 23.0 Å². The SMILES string of the molecule is CC1NN(c2ccnc(Nc3ccc(-c4csc5c4OC(N4CCOCC4)CC5=O)cc3)n2)CC1CNCS(=O)(=O)O. The molecule has 4 N–H and O–H groups in total. The van der Waals surface area contributed by atoms with Gasteiger partial charge in [0.2, 0.25) is 5.95 Å². The Morgan fingerprint density at radius 1 is 1.19 bits per heavy atom. The quantitative estimate of drug-likeness (QED) is 0.260. The molecule has 3 atom stereocenters. The van der Waals surface area contributed by atoms with Crippen molar-refractivity contribution >= 4 is 44.7 Å². The third-order valence-electron chi connectivity index (χ3n) is 7.61. The summed E-state index contributed by atoms with van der Waals surface area (Å²) >= 11 is 1.42. The Hall–Kier alpha value is -3.18. The van der Waals surface area contributed by atoms with Gasteiger partial charge in [-0.05, 0) is 24.6 Å². The van der Waals surface area contributed by atoms with Crippen LogP contribution in [-0.2, 0) is 14.9 Å². The van der Waals surface area contributed by atoms with Crippen molar-refractivity contribution in [1.82, 2.24) is 25.6 Å². The fourth-order valence-corrected chi connectivity index (χ4v) is 6.68. The van der Waals surface area contributed by atoms with Gasteiger partial charge in [0, 0.05) is 67.0 Å². The Morgan fingerprint density at radius 2 is 1.98 bits per heavy atom. The topological polar surface area (TPSA) is 158 Å². The van der Waals surface area contributed by atoms with E-state index in [4.69, 9.17) is 14.0 Å². The van der Waals surface area contributed by atoms with E-state index >= 15 is 0 Å². The minimum absolute atomic E-state index is 0.0732. The zero-order valence-electron chi connectivity index (χ0n) is 23.0. The lowest BCUT2D eigenvalue weighted by Crippen LogP contribution is -2.48. The molecule has 0 radical (unpaired) electrons. The number of anilines is 3. The third kappa shape index (κ3) is 6.57. The maximum absolute atomic E-state index is 12.9. The van der Waals surface area contributed by atoms with Crippen LogP contribution in [0.2, 0.25) is 0 Å². The number of Topliss-reactive ketones (excluding diaryl/α,β-unsaturated/α-hetero) is 1. The number of thiophene rings is 1. The summed E-state index contributed by atoms with van der Waals surface area (Å²) in [4.78, 5) is 24.7. The van der Waals surface area contributed by atoms with Gasteiger partial charge in [-0.1, -0.05) is 12.1 Å². The molecule has 15 heteroatoms. The van der Waals surface area contributed by atoms with Gasteiger partial charge in [-0.2, -0.15) is 13.4 Å². The highest BCUT2D eigenvalue weighted by atomic mass is 32.2. The summed E-state index contributed by atoms with van der Waals surface area (Å²) in [6.45, 7) is 5.82. The molecule has 0 amide bonds. The molecule has 3 aliphatic heterocycles. The number of hydrogen-bond acceptors (Lipinski definition) is 13. The average Bonchev–Trinajstić information content (AvgIpc) is 3.57. The molecule has 0 aliphatic carbocycles. The summed E-state index contributed by atoms with van der Waals surface area (Å²) in [5, 5.41) is 9.92. The molecule has 2 aromatic heterocycles. The molecule has 5 heterocycles. The summed E-state index contributed by atoms with van der Waals surface area (Å²) in [7, 11) is -4.06. The second kappa shape index (κ2) is 12.2. The summed E-state index contributed by atoms with van der Waals surface area (Å²) in [5.74, 6) is 1.50. The van der Waals surface area contributed by atoms with Crippen LogP contribution >= 0.6 is 11.3 Å². The molecule has 3 aromatic rings. The number of benzene rings is 1. The van der Waals surface area contributed by atoms with Crippen molar-refractivity contribution in [2.45, 2.75) is 25.6 Å². The van der Waals surface area contributed by atoms with E-state index in [2.05, 4.69) is 30.9 Å². The van der Waals surface area contributed by atoms with Crippen molar-refractivity contribution in [3.05, 3.63) is 46.8 Å². The van der Waals surface area contributed by atoms with Gasteiger partial charge in [0.1, 0.15) is 16.6 Å². The minimum atomic E-state index is -4.06. The van der Waals surface area contributed by atoms with Crippen LogP contribution in [0.15, 0.2) is 41.9 Å². The number of carbonyl (C=O) groups excluding carboxylic acids is 1. The first-order valence-electron chi connectivity index (χ1n) is 13.8. The van der Waals surface area contributed by atoms with Gasteiger partial charge in [-0.15, -0.1) is 11.3 Å². The fraction of sp³-hybridized carbons (Fsp3) is 0.444. The van der Waals surface area contributed by atoms with E-state index in [0.29, 0.717) is 55.1 Å². The molecule has 6 rings (SSSR count). The summed E-state index contributed by atoms with van der Waals surface area (Å²) < 4.78 is 42.8. The van der Waals surface area contributed by atoms with Gasteiger partial charge in [-0.3, -0.25) is 19.3 Å². The van der Waals surface area contributed by atoms with Gasteiger partial charge in [0.15, 0.2) is 17.8 Å². The van der Waals surface area contributed by atoms with E-state index < -0.39 is 16.0 Å². The standard InChI is InChI=1S/C27H33N7O6S2/c1-17-19(13-28-16-42(36,37)38)14-34(32-17)23-6-7-29-27(31-23)30-20-4-2-18(3-5-20)21-15-41-26-22(35)12-24(40-25(21)26)33-8-10-39-11-9-33/h2-7,15,17,19,24,28,32H,8-14,16H2,1H3,(H,29,30,31)(H,36,37,38). The molecule has 13 nitrogen and oxygen atoms in total.